The van der Waals surface area contributed by atoms with E-state index in [1.807, 2.05) is 0 Å². The molecule has 0 saturated heterocycles. The van der Waals surface area contributed by atoms with E-state index in [0.29, 0.717) is 9.21 Å². The van der Waals surface area contributed by atoms with Crippen molar-refractivity contribution in [3.05, 3.63) is 21.3 Å². The number of esters is 1. The summed E-state index contributed by atoms with van der Waals surface area (Å²) in [5, 5.41) is 0. The zero-order valence-electron chi connectivity index (χ0n) is 9.64. The lowest BCUT2D eigenvalue weighted by Crippen LogP contribution is -2.30. The van der Waals surface area contributed by atoms with E-state index < -0.39 is 18.0 Å². The van der Waals surface area contributed by atoms with E-state index in [0.717, 1.165) is 11.3 Å². The van der Waals surface area contributed by atoms with Gasteiger partial charge in [-0.15, -0.1) is 11.3 Å². The maximum Gasteiger partial charge on any atom is 0.307 e. The fourth-order valence-corrected chi connectivity index (χ4v) is 2.13. The quantitative estimate of drug-likeness (QED) is 0.639. The number of carbonyl (C=O) groups excluding carboxylic acids is 3. The van der Waals surface area contributed by atoms with Crippen LogP contribution in [0.1, 0.15) is 29.4 Å². The molecule has 1 amide bonds. The first kappa shape index (κ1) is 14.7. The second kappa shape index (κ2) is 6.51. The Hall–Kier alpha value is -1.40. The highest BCUT2D eigenvalue weighted by molar-refractivity contribution is 7.18. The molecule has 1 heterocycles. The molecule has 7 heteroatoms. The number of nitrogens with two attached hydrogens (primary N) is 1. The summed E-state index contributed by atoms with van der Waals surface area (Å²) >= 11 is 6.85. The SMILES string of the molecule is C[C@@H](OC(=O)CCC(=O)c1ccc(Cl)s1)C(N)=O. The van der Waals surface area contributed by atoms with Gasteiger partial charge in [0, 0.05) is 6.42 Å². The molecular formula is C11H12ClNO4S. The molecule has 0 fully saturated rings. The number of Topliss-reactive ketones (excluding diaryl/α,β-unsaturated/α-hetero) is 1. The van der Waals surface area contributed by atoms with E-state index in [4.69, 9.17) is 22.1 Å². The summed E-state index contributed by atoms with van der Waals surface area (Å²) in [5.74, 6) is -1.53. The zero-order chi connectivity index (χ0) is 13.7. The third-order valence-electron chi connectivity index (χ3n) is 2.11. The van der Waals surface area contributed by atoms with Crippen molar-refractivity contribution in [2.24, 2.45) is 5.73 Å². The lowest BCUT2D eigenvalue weighted by Gasteiger charge is -2.08. The van der Waals surface area contributed by atoms with Gasteiger partial charge in [-0.2, -0.15) is 0 Å². The van der Waals surface area contributed by atoms with Crippen LogP contribution in [0.5, 0.6) is 0 Å². The molecular weight excluding hydrogens is 278 g/mol. The average Bonchev–Trinajstić information content (AvgIpc) is 2.72. The van der Waals surface area contributed by atoms with Crippen molar-refractivity contribution in [2.75, 3.05) is 0 Å². The molecule has 1 rings (SSSR count). The van der Waals surface area contributed by atoms with Crippen molar-refractivity contribution in [1.29, 1.82) is 0 Å². The van der Waals surface area contributed by atoms with Crippen LogP contribution in [0.3, 0.4) is 0 Å². The zero-order valence-corrected chi connectivity index (χ0v) is 11.2. The van der Waals surface area contributed by atoms with Crippen LogP contribution in [-0.2, 0) is 14.3 Å². The fraction of sp³-hybridized carbons (Fsp3) is 0.364. The van der Waals surface area contributed by atoms with Crippen molar-refractivity contribution in [3.8, 4) is 0 Å². The molecule has 0 aromatic carbocycles. The van der Waals surface area contributed by atoms with Crippen LogP contribution >= 0.6 is 22.9 Å². The summed E-state index contributed by atoms with van der Waals surface area (Å²) in [4.78, 5) is 34.1. The minimum absolute atomic E-state index is 0.0150. The maximum atomic E-state index is 11.6. The second-order valence-corrected chi connectivity index (χ2v) is 5.28. The van der Waals surface area contributed by atoms with E-state index in [9.17, 15) is 14.4 Å². The lowest BCUT2D eigenvalue weighted by atomic mass is 10.2. The number of halogens is 1. The highest BCUT2D eigenvalue weighted by Gasteiger charge is 2.16. The van der Waals surface area contributed by atoms with Gasteiger partial charge in [0.05, 0.1) is 15.6 Å². The van der Waals surface area contributed by atoms with Crippen LogP contribution in [0, 0.1) is 0 Å². The van der Waals surface area contributed by atoms with E-state index in [1.165, 1.54) is 6.92 Å². The number of ketones is 1. The lowest BCUT2D eigenvalue weighted by molar-refractivity contribution is -0.153. The van der Waals surface area contributed by atoms with E-state index >= 15 is 0 Å². The van der Waals surface area contributed by atoms with Crippen molar-refractivity contribution >= 4 is 40.6 Å². The normalized spacial score (nSPS) is 11.9. The van der Waals surface area contributed by atoms with Gasteiger partial charge < -0.3 is 10.5 Å². The van der Waals surface area contributed by atoms with E-state index in [2.05, 4.69) is 0 Å². The second-order valence-electron chi connectivity index (χ2n) is 3.56. The predicted molar refractivity (Wildman–Crippen MR) is 67.6 cm³/mol. The van der Waals surface area contributed by atoms with Crippen LogP contribution in [0.25, 0.3) is 0 Å². The summed E-state index contributed by atoms with van der Waals surface area (Å²) in [6, 6.07) is 3.22. The van der Waals surface area contributed by atoms with Gasteiger partial charge in [0.2, 0.25) is 0 Å². The van der Waals surface area contributed by atoms with Gasteiger partial charge in [-0.05, 0) is 19.1 Å². The number of primary amides is 1. The largest absolute Gasteiger partial charge is 0.453 e. The first-order valence-electron chi connectivity index (χ1n) is 5.17. The molecule has 1 aromatic rings. The molecule has 2 N–H and O–H groups in total. The van der Waals surface area contributed by atoms with Crippen LogP contribution < -0.4 is 5.73 Å². The molecule has 0 aliphatic rings. The molecule has 0 aliphatic carbocycles. The summed E-state index contributed by atoms with van der Waals surface area (Å²) in [7, 11) is 0. The van der Waals surface area contributed by atoms with Crippen molar-refractivity contribution in [3.63, 3.8) is 0 Å². The van der Waals surface area contributed by atoms with Crippen molar-refractivity contribution in [2.45, 2.75) is 25.9 Å². The summed E-state index contributed by atoms with van der Waals surface area (Å²) < 4.78 is 5.23. The van der Waals surface area contributed by atoms with Crippen LogP contribution in [0.15, 0.2) is 12.1 Å². The standard InChI is InChI=1S/C11H12ClNO4S/c1-6(11(13)16)17-10(15)5-2-7(14)8-3-4-9(12)18-8/h3-4,6H,2,5H2,1H3,(H2,13,16)/t6-/m1/s1. The minimum Gasteiger partial charge on any atom is -0.453 e. The van der Waals surface area contributed by atoms with Gasteiger partial charge >= 0.3 is 5.97 Å². The third-order valence-corrected chi connectivity index (χ3v) is 3.39. The van der Waals surface area contributed by atoms with Gasteiger partial charge in [-0.3, -0.25) is 14.4 Å². The molecule has 0 unspecified atom stereocenters. The molecule has 98 valence electrons. The number of thiophene rings is 1. The first-order chi connectivity index (χ1) is 8.40. The maximum absolute atomic E-state index is 11.6. The molecule has 0 spiro atoms. The number of carbonyl (C=O) groups is 3. The van der Waals surface area contributed by atoms with Crippen LogP contribution in [0.4, 0.5) is 0 Å². The van der Waals surface area contributed by atoms with Gasteiger partial charge in [0.25, 0.3) is 5.91 Å². The van der Waals surface area contributed by atoms with Gasteiger partial charge in [-0.25, -0.2) is 0 Å². The molecule has 0 bridgehead atoms. The van der Waals surface area contributed by atoms with E-state index in [-0.39, 0.29) is 18.6 Å². The Bertz CT molecular complexity index is 471. The van der Waals surface area contributed by atoms with Crippen molar-refractivity contribution in [1.82, 2.24) is 0 Å². The fourth-order valence-electron chi connectivity index (χ4n) is 1.12. The molecule has 1 aromatic heterocycles. The first-order valence-corrected chi connectivity index (χ1v) is 6.37. The molecule has 0 aliphatic heterocycles. The average molecular weight is 290 g/mol. The predicted octanol–water partition coefficient (Wildman–Crippen LogP) is 1.78. The van der Waals surface area contributed by atoms with Gasteiger partial charge in [0.1, 0.15) is 0 Å². The summed E-state index contributed by atoms with van der Waals surface area (Å²) in [6.07, 6.45) is -1.06. The molecule has 18 heavy (non-hydrogen) atoms. The molecule has 5 nitrogen and oxygen atoms in total. The summed E-state index contributed by atoms with van der Waals surface area (Å²) in [5.41, 5.74) is 4.94. The van der Waals surface area contributed by atoms with Crippen LogP contribution in [-0.4, -0.2) is 23.8 Å². The topological polar surface area (TPSA) is 86.5 Å². The van der Waals surface area contributed by atoms with Crippen LogP contribution in [0.2, 0.25) is 4.34 Å². The minimum atomic E-state index is -0.983. The van der Waals surface area contributed by atoms with Gasteiger partial charge in [-0.1, -0.05) is 11.6 Å². The highest BCUT2D eigenvalue weighted by atomic mass is 35.5. The Morgan fingerprint density at radius 1 is 1.39 bits per heavy atom. The highest BCUT2D eigenvalue weighted by Crippen LogP contribution is 2.22. The monoisotopic (exact) mass is 289 g/mol. The number of amides is 1. The number of hydrogen-bond acceptors (Lipinski definition) is 5. The summed E-state index contributed by atoms with van der Waals surface area (Å²) in [6.45, 7) is 1.38. The molecule has 1 atom stereocenters. The third kappa shape index (κ3) is 4.46. The van der Waals surface area contributed by atoms with E-state index in [1.54, 1.807) is 12.1 Å². The molecule has 0 saturated carbocycles. The Kier molecular flexibility index (Phi) is 5.30. The smallest absolute Gasteiger partial charge is 0.307 e. The molecule has 0 radical (unpaired) electrons. The Morgan fingerprint density at radius 3 is 2.56 bits per heavy atom. The Morgan fingerprint density at radius 2 is 2.06 bits per heavy atom. The number of hydrogen-bond donors (Lipinski definition) is 1. The number of ether oxygens (including phenoxy) is 1. The van der Waals surface area contributed by atoms with Crippen molar-refractivity contribution < 1.29 is 19.1 Å². The number of rotatable bonds is 6. The Balaban J connectivity index is 2.39. The van der Waals surface area contributed by atoms with Gasteiger partial charge in [0.15, 0.2) is 11.9 Å². The Labute approximate surface area is 113 Å².